The molecule has 2 aliphatic rings. The Morgan fingerprint density at radius 3 is 2.80 bits per heavy atom. The molecular weight excluding hydrogens is 364 g/mol. The van der Waals surface area contributed by atoms with Gasteiger partial charge in [-0.2, -0.15) is 4.98 Å². The van der Waals surface area contributed by atoms with Crippen LogP contribution in [0, 0.1) is 6.92 Å². The molecule has 4 rings (SSSR count). The number of sulfonamides is 1. The summed E-state index contributed by atoms with van der Waals surface area (Å²) in [7, 11) is -3.73. The van der Waals surface area contributed by atoms with E-state index in [0.29, 0.717) is 31.3 Å². The molecule has 2 aliphatic heterocycles. The van der Waals surface area contributed by atoms with E-state index in [4.69, 9.17) is 16.3 Å². The summed E-state index contributed by atoms with van der Waals surface area (Å²) in [5, 5.41) is 0.0959. The van der Waals surface area contributed by atoms with Crippen molar-refractivity contribution < 1.29 is 13.2 Å². The molecule has 132 valence electrons. The molecule has 7 nitrogen and oxygen atoms in total. The summed E-state index contributed by atoms with van der Waals surface area (Å²) in [6, 6.07) is 6.70. The fourth-order valence-corrected chi connectivity index (χ4v) is 4.79. The van der Waals surface area contributed by atoms with E-state index in [1.54, 1.807) is 24.3 Å². The molecule has 1 atom stereocenters. The lowest BCUT2D eigenvalue weighted by atomic mass is 10.1. The number of hydrogen-bond acceptors (Lipinski definition) is 6. The predicted molar refractivity (Wildman–Crippen MR) is 94.7 cm³/mol. The van der Waals surface area contributed by atoms with E-state index in [9.17, 15) is 8.42 Å². The van der Waals surface area contributed by atoms with Gasteiger partial charge in [-0.1, -0.05) is 17.7 Å². The molecule has 0 saturated carbocycles. The van der Waals surface area contributed by atoms with Gasteiger partial charge in [-0.3, -0.25) is 4.31 Å². The number of aryl methyl sites for hydroxylation is 1. The standard InChI is InChI=1S/C16H17ClN4O3S/c1-11-2-4-13(5-3-11)25(22,23)21-9-12-10-24-7-6-20(12)15-14(21)8-18-16(17)19-15/h2-5,8,12H,6-7,9-10H2,1H3. The van der Waals surface area contributed by atoms with Crippen LogP contribution in [0.25, 0.3) is 0 Å². The minimum Gasteiger partial charge on any atom is -0.377 e. The number of hydrogen-bond donors (Lipinski definition) is 0. The van der Waals surface area contributed by atoms with Crippen LogP contribution in [0.4, 0.5) is 11.5 Å². The Morgan fingerprint density at radius 2 is 2.04 bits per heavy atom. The zero-order valence-corrected chi connectivity index (χ0v) is 15.2. The van der Waals surface area contributed by atoms with E-state index >= 15 is 0 Å². The summed E-state index contributed by atoms with van der Waals surface area (Å²) >= 11 is 5.96. The van der Waals surface area contributed by atoms with Crippen molar-refractivity contribution in [2.75, 3.05) is 35.5 Å². The summed E-state index contributed by atoms with van der Waals surface area (Å²) in [6.07, 6.45) is 1.47. The van der Waals surface area contributed by atoms with Gasteiger partial charge in [0.15, 0.2) is 5.82 Å². The third-order valence-electron chi connectivity index (χ3n) is 4.47. The Balaban J connectivity index is 1.83. The molecule has 0 spiro atoms. The van der Waals surface area contributed by atoms with Gasteiger partial charge >= 0.3 is 0 Å². The number of benzene rings is 1. The van der Waals surface area contributed by atoms with Gasteiger partial charge in [0.25, 0.3) is 10.0 Å². The van der Waals surface area contributed by atoms with Crippen LogP contribution in [0.3, 0.4) is 0 Å². The van der Waals surface area contributed by atoms with Crippen LogP contribution >= 0.6 is 11.6 Å². The van der Waals surface area contributed by atoms with Crippen LogP contribution < -0.4 is 9.21 Å². The van der Waals surface area contributed by atoms with Crippen LogP contribution in [-0.2, 0) is 14.8 Å². The second kappa shape index (κ2) is 6.12. The van der Waals surface area contributed by atoms with Crippen molar-refractivity contribution in [1.82, 2.24) is 9.97 Å². The number of anilines is 2. The quantitative estimate of drug-likeness (QED) is 0.740. The van der Waals surface area contributed by atoms with Gasteiger partial charge in [0.2, 0.25) is 5.28 Å². The van der Waals surface area contributed by atoms with E-state index in [1.165, 1.54) is 10.5 Å². The zero-order chi connectivity index (χ0) is 17.6. The molecule has 9 heteroatoms. The van der Waals surface area contributed by atoms with Gasteiger partial charge in [-0.05, 0) is 30.7 Å². The number of morpholine rings is 1. The lowest BCUT2D eigenvalue weighted by Crippen LogP contribution is -2.56. The first-order valence-corrected chi connectivity index (χ1v) is 9.75. The maximum absolute atomic E-state index is 13.2. The number of ether oxygens (including phenoxy) is 1. The maximum Gasteiger partial charge on any atom is 0.264 e. The smallest absolute Gasteiger partial charge is 0.264 e. The van der Waals surface area contributed by atoms with Crippen molar-refractivity contribution in [3.63, 3.8) is 0 Å². The van der Waals surface area contributed by atoms with Gasteiger partial charge in [0, 0.05) is 6.54 Å². The number of aromatic nitrogens is 2. The Hall–Kier alpha value is -1.90. The maximum atomic E-state index is 13.2. The minimum atomic E-state index is -3.73. The first-order chi connectivity index (χ1) is 12.0. The normalized spacial score (nSPS) is 20.2. The molecule has 0 aliphatic carbocycles. The summed E-state index contributed by atoms with van der Waals surface area (Å²) < 4.78 is 33.3. The summed E-state index contributed by atoms with van der Waals surface area (Å²) in [5.74, 6) is 0.537. The van der Waals surface area contributed by atoms with Crippen molar-refractivity contribution in [3.05, 3.63) is 41.3 Å². The van der Waals surface area contributed by atoms with E-state index < -0.39 is 10.0 Å². The Kier molecular flexibility index (Phi) is 4.05. The molecule has 0 radical (unpaired) electrons. The summed E-state index contributed by atoms with van der Waals surface area (Å²) in [5.41, 5.74) is 1.45. The molecule has 3 heterocycles. The third-order valence-corrected chi connectivity index (χ3v) is 6.45. The van der Waals surface area contributed by atoms with E-state index in [1.807, 2.05) is 11.8 Å². The van der Waals surface area contributed by atoms with Crippen molar-refractivity contribution >= 4 is 33.1 Å². The highest BCUT2D eigenvalue weighted by Crippen LogP contribution is 2.38. The van der Waals surface area contributed by atoms with Crippen LogP contribution in [0.2, 0.25) is 5.28 Å². The van der Waals surface area contributed by atoms with Crippen molar-refractivity contribution in [2.24, 2.45) is 0 Å². The Labute approximate surface area is 151 Å². The third kappa shape index (κ3) is 2.84. The van der Waals surface area contributed by atoms with Crippen LogP contribution in [0.1, 0.15) is 5.56 Å². The average molecular weight is 381 g/mol. The van der Waals surface area contributed by atoms with Gasteiger partial charge in [0.05, 0.1) is 36.9 Å². The monoisotopic (exact) mass is 380 g/mol. The molecule has 0 N–H and O–H groups in total. The van der Waals surface area contributed by atoms with Crippen LogP contribution in [0.15, 0.2) is 35.4 Å². The van der Waals surface area contributed by atoms with Crippen molar-refractivity contribution in [1.29, 1.82) is 0 Å². The molecular formula is C16H17ClN4O3S. The zero-order valence-electron chi connectivity index (χ0n) is 13.6. The van der Waals surface area contributed by atoms with Gasteiger partial charge < -0.3 is 9.64 Å². The molecule has 0 bridgehead atoms. The van der Waals surface area contributed by atoms with E-state index in [-0.39, 0.29) is 22.8 Å². The Morgan fingerprint density at radius 1 is 1.28 bits per heavy atom. The molecule has 1 aromatic carbocycles. The number of nitrogens with zero attached hydrogens (tertiary/aromatic N) is 4. The van der Waals surface area contributed by atoms with Gasteiger partial charge in [-0.15, -0.1) is 0 Å². The summed E-state index contributed by atoms with van der Waals surface area (Å²) in [4.78, 5) is 10.6. The first kappa shape index (κ1) is 16.6. The molecule has 1 saturated heterocycles. The molecule has 1 fully saturated rings. The lowest BCUT2D eigenvalue weighted by Gasteiger charge is -2.44. The van der Waals surface area contributed by atoms with Crippen molar-refractivity contribution in [3.8, 4) is 0 Å². The fourth-order valence-electron chi connectivity index (χ4n) is 3.17. The molecule has 2 aromatic rings. The predicted octanol–water partition coefficient (Wildman–Crippen LogP) is 1.85. The number of fused-ring (bicyclic) bond motifs is 3. The average Bonchev–Trinajstić information content (AvgIpc) is 2.61. The topological polar surface area (TPSA) is 75.6 Å². The van der Waals surface area contributed by atoms with Crippen LogP contribution in [0.5, 0.6) is 0 Å². The van der Waals surface area contributed by atoms with Crippen LogP contribution in [-0.4, -0.2) is 50.7 Å². The first-order valence-electron chi connectivity index (χ1n) is 7.93. The molecule has 0 amide bonds. The lowest BCUT2D eigenvalue weighted by molar-refractivity contribution is 0.0948. The molecule has 1 unspecified atom stereocenters. The van der Waals surface area contributed by atoms with Gasteiger partial charge in [0.1, 0.15) is 5.69 Å². The Bertz CT molecular complexity index is 904. The molecule has 1 aromatic heterocycles. The summed E-state index contributed by atoms with van der Waals surface area (Å²) in [6.45, 7) is 3.86. The highest BCUT2D eigenvalue weighted by Gasteiger charge is 2.40. The highest BCUT2D eigenvalue weighted by atomic mass is 35.5. The minimum absolute atomic E-state index is 0.0959. The highest BCUT2D eigenvalue weighted by molar-refractivity contribution is 7.92. The molecule has 25 heavy (non-hydrogen) atoms. The van der Waals surface area contributed by atoms with E-state index in [0.717, 1.165) is 5.56 Å². The second-order valence-electron chi connectivity index (χ2n) is 6.12. The SMILES string of the molecule is Cc1ccc(S(=O)(=O)N2CC3COCCN3c3nc(Cl)ncc32)cc1. The van der Waals surface area contributed by atoms with E-state index in [2.05, 4.69) is 9.97 Å². The second-order valence-corrected chi connectivity index (χ2v) is 8.32. The van der Waals surface area contributed by atoms with Crippen molar-refractivity contribution in [2.45, 2.75) is 17.9 Å². The van der Waals surface area contributed by atoms with Gasteiger partial charge in [-0.25, -0.2) is 13.4 Å². The fraction of sp³-hybridized carbons (Fsp3) is 0.375. The number of rotatable bonds is 2. The largest absolute Gasteiger partial charge is 0.377 e. The number of halogens is 1.